The van der Waals surface area contributed by atoms with Gasteiger partial charge in [0.1, 0.15) is 0 Å². The van der Waals surface area contributed by atoms with E-state index in [9.17, 15) is 9.59 Å². The van der Waals surface area contributed by atoms with Gasteiger partial charge in [-0.25, -0.2) is 0 Å². The SMILES string of the molecule is CCC[CH2][Sn]([CH2]CCC)([O]NC(=O)c1cccnc1)[O]NC(=O)c1cccnc1. The van der Waals surface area contributed by atoms with E-state index in [2.05, 4.69) is 34.8 Å². The summed E-state index contributed by atoms with van der Waals surface area (Å²) in [4.78, 5) is 32.7. The Morgan fingerprint density at radius 2 is 1.31 bits per heavy atom. The average Bonchev–Trinajstić information content (AvgIpc) is 2.78. The Morgan fingerprint density at radius 1 is 0.862 bits per heavy atom. The third-order valence-corrected chi connectivity index (χ3v) is 13.4. The van der Waals surface area contributed by atoms with Gasteiger partial charge in [0, 0.05) is 0 Å². The van der Waals surface area contributed by atoms with Gasteiger partial charge < -0.3 is 0 Å². The molecule has 0 radical (unpaired) electrons. The molecule has 2 rings (SSSR count). The van der Waals surface area contributed by atoms with Crippen molar-refractivity contribution in [2.45, 2.75) is 48.4 Å². The molecule has 2 aromatic heterocycles. The van der Waals surface area contributed by atoms with E-state index in [1.807, 2.05) is 0 Å². The van der Waals surface area contributed by atoms with Crippen molar-refractivity contribution in [1.29, 1.82) is 0 Å². The first-order valence-corrected chi connectivity index (χ1v) is 16.2. The molecule has 2 N–H and O–H groups in total. The third-order valence-electron chi connectivity index (χ3n) is 4.33. The molecular weight excluding hydrogens is 479 g/mol. The summed E-state index contributed by atoms with van der Waals surface area (Å²) in [5, 5.41) is 0. The molecule has 0 fully saturated rings. The number of hydrogen-bond acceptors (Lipinski definition) is 6. The first-order chi connectivity index (χ1) is 14.1. The molecule has 2 amide bonds. The van der Waals surface area contributed by atoms with E-state index in [-0.39, 0.29) is 11.8 Å². The maximum atomic E-state index is 12.4. The molecule has 0 unspecified atom stereocenters. The Hall–Kier alpha value is -2.04. The van der Waals surface area contributed by atoms with Crippen LogP contribution in [-0.4, -0.2) is 41.0 Å². The summed E-state index contributed by atoms with van der Waals surface area (Å²) < 4.78 is 13.4. The number of nitrogens with one attached hydrogen (secondary N) is 2. The number of carbonyl (C=O) groups is 2. The number of hydroxylamine groups is 2. The second kappa shape index (κ2) is 12.5. The van der Waals surface area contributed by atoms with Crippen LogP contribution in [0.15, 0.2) is 49.1 Å². The maximum absolute atomic E-state index is 12.4. The predicted octanol–water partition coefficient (Wildman–Crippen LogP) is 3.54. The van der Waals surface area contributed by atoms with Gasteiger partial charge in [0.2, 0.25) is 0 Å². The van der Waals surface area contributed by atoms with Crippen LogP contribution in [0.3, 0.4) is 0 Å². The van der Waals surface area contributed by atoms with Crippen molar-refractivity contribution in [2.24, 2.45) is 0 Å². The number of rotatable bonds is 12. The third kappa shape index (κ3) is 7.71. The number of hydrogen-bond donors (Lipinski definition) is 2. The molecule has 0 saturated carbocycles. The number of aromatic nitrogens is 2. The number of nitrogens with zero attached hydrogens (tertiary/aromatic N) is 2. The van der Waals surface area contributed by atoms with E-state index in [1.54, 1.807) is 36.7 Å². The van der Waals surface area contributed by atoms with E-state index in [4.69, 9.17) is 6.35 Å². The fourth-order valence-electron chi connectivity index (χ4n) is 2.63. The molecular formula is C20H28N4O4Sn. The molecule has 0 bridgehead atoms. The Bertz CT molecular complexity index is 696. The van der Waals surface area contributed by atoms with Gasteiger partial charge in [-0.1, -0.05) is 0 Å². The fourth-order valence-corrected chi connectivity index (χ4v) is 11.3. The molecule has 0 spiro atoms. The van der Waals surface area contributed by atoms with Crippen LogP contribution < -0.4 is 11.0 Å². The van der Waals surface area contributed by atoms with E-state index < -0.39 is 19.2 Å². The van der Waals surface area contributed by atoms with E-state index >= 15 is 0 Å². The van der Waals surface area contributed by atoms with Crippen LogP contribution in [0.25, 0.3) is 0 Å². The van der Waals surface area contributed by atoms with E-state index in [1.165, 1.54) is 12.4 Å². The minimum absolute atomic E-state index is 0.380. The van der Waals surface area contributed by atoms with Crippen molar-refractivity contribution in [3.63, 3.8) is 0 Å². The summed E-state index contributed by atoms with van der Waals surface area (Å²) in [6.45, 7) is 4.16. The summed E-state index contributed by atoms with van der Waals surface area (Å²) in [6, 6.07) is 6.69. The Kier molecular flexibility index (Phi) is 10.0. The molecule has 8 nitrogen and oxygen atoms in total. The van der Waals surface area contributed by atoms with Crippen molar-refractivity contribution in [3.8, 4) is 0 Å². The van der Waals surface area contributed by atoms with Crippen LogP contribution in [0.4, 0.5) is 0 Å². The van der Waals surface area contributed by atoms with Crippen LogP contribution in [0.5, 0.6) is 0 Å². The van der Waals surface area contributed by atoms with Crippen molar-refractivity contribution in [3.05, 3.63) is 60.2 Å². The molecule has 0 aliphatic heterocycles. The molecule has 2 heterocycles. The van der Waals surface area contributed by atoms with Gasteiger partial charge >= 0.3 is 176 Å². The topological polar surface area (TPSA) is 102 Å². The fraction of sp³-hybridized carbons (Fsp3) is 0.400. The van der Waals surface area contributed by atoms with E-state index in [0.29, 0.717) is 20.0 Å². The van der Waals surface area contributed by atoms with Crippen LogP contribution in [0.2, 0.25) is 8.87 Å². The molecule has 0 aliphatic rings. The van der Waals surface area contributed by atoms with E-state index in [0.717, 1.165) is 25.7 Å². The number of pyridine rings is 2. The predicted molar refractivity (Wildman–Crippen MR) is 111 cm³/mol. The molecule has 9 heteroatoms. The van der Waals surface area contributed by atoms with Crippen LogP contribution >= 0.6 is 0 Å². The van der Waals surface area contributed by atoms with Crippen LogP contribution in [-0.2, 0) is 6.35 Å². The van der Waals surface area contributed by atoms with Gasteiger partial charge in [-0.2, -0.15) is 0 Å². The van der Waals surface area contributed by atoms with Gasteiger partial charge in [-0.05, 0) is 0 Å². The average molecular weight is 507 g/mol. The summed E-state index contributed by atoms with van der Waals surface area (Å²) in [7, 11) is 0. The normalized spacial score (nSPS) is 11.1. The summed E-state index contributed by atoms with van der Waals surface area (Å²) >= 11 is -3.83. The van der Waals surface area contributed by atoms with Crippen molar-refractivity contribution in [1.82, 2.24) is 20.9 Å². The molecule has 2 aromatic rings. The second-order valence-electron chi connectivity index (χ2n) is 6.67. The molecule has 0 aliphatic carbocycles. The minimum atomic E-state index is -3.83. The monoisotopic (exact) mass is 508 g/mol. The molecule has 0 saturated heterocycles. The van der Waals surface area contributed by atoms with Crippen LogP contribution in [0, 0.1) is 0 Å². The number of unbranched alkanes of at least 4 members (excludes halogenated alkanes) is 2. The zero-order chi connectivity index (χ0) is 21.0. The first-order valence-electron chi connectivity index (χ1n) is 9.87. The van der Waals surface area contributed by atoms with Crippen molar-refractivity contribution in [2.75, 3.05) is 0 Å². The summed E-state index contributed by atoms with van der Waals surface area (Å²) in [6.07, 6.45) is 9.85. The number of amides is 2. The first kappa shape index (κ1) is 23.2. The zero-order valence-electron chi connectivity index (χ0n) is 16.9. The zero-order valence-corrected chi connectivity index (χ0v) is 19.7. The Morgan fingerprint density at radius 3 is 1.66 bits per heavy atom. The van der Waals surface area contributed by atoms with Crippen molar-refractivity contribution < 1.29 is 15.9 Å². The van der Waals surface area contributed by atoms with Gasteiger partial charge in [0.05, 0.1) is 0 Å². The summed E-state index contributed by atoms with van der Waals surface area (Å²) in [5.41, 5.74) is 5.90. The molecule has 29 heavy (non-hydrogen) atoms. The van der Waals surface area contributed by atoms with Crippen LogP contribution in [0.1, 0.15) is 60.2 Å². The molecule has 0 atom stereocenters. The van der Waals surface area contributed by atoms with Gasteiger partial charge in [0.25, 0.3) is 0 Å². The molecule has 0 aromatic carbocycles. The second-order valence-corrected chi connectivity index (χ2v) is 15.9. The Balaban J connectivity index is 2.09. The quantitative estimate of drug-likeness (QED) is 0.337. The Labute approximate surface area is 176 Å². The number of carbonyl (C=O) groups excluding carboxylic acids is 2. The van der Waals surface area contributed by atoms with Gasteiger partial charge in [-0.3, -0.25) is 0 Å². The standard InChI is InChI=1S/2C6H5N2O2.2C4H9.Sn/c2*9-6(8-10)5-2-1-3-7-4-5;2*1-3-4-2;/h2*1-4H,(H-,8,9,10);2*1,3-4H2,2H3;/q2*-1;;;+2. The van der Waals surface area contributed by atoms with Crippen molar-refractivity contribution >= 4 is 31.0 Å². The summed E-state index contributed by atoms with van der Waals surface area (Å²) in [5.74, 6) is -0.760. The van der Waals surface area contributed by atoms with Gasteiger partial charge in [0.15, 0.2) is 0 Å². The van der Waals surface area contributed by atoms with Gasteiger partial charge in [-0.15, -0.1) is 0 Å². The molecule has 156 valence electrons.